The topological polar surface area (TPSA) is 20.3 Å². The molecule has 0 aromatic heterocycles. The minimum absolute atomic E-state index is 0.121. The van der Waals surface area contributed by atoms with E-state index in [1.165, 1.54) is 17.8 Å². The highest BCUT2D eigenvalue weighted by molar-refractivity contribution is 9.10. The highest BCUT2D eigenvalue weighted by Crippen LogP contribution is 2.34. The van der Waals surface area contributed by atoms with Crippen LogP contribution in [0.1, 0.15) is 11.1 Å². The lowest BCUT2D eigenvalue weighted by molar-refractivity contribution is -0.122. The molecule has 1 fully saturated rings. The van der Waals surface area contributed by atoms with Gasteiger partial charge in [-0.1, -0.05) is 60.4 Å². The zero-order chi connectivity index (χ0) is 16.4. The maximum atomic E-state index is 13.3. The van der Waals surface area contributed by atoms with Crippen LogP contribution in [0.25, 0.3) is 6.08 Å². The average Bonchev–Trinajstić information content (AvgIpc) is 2.80. The second-order valence-corrected chi connectivity index (χ2v) is 7.46. The number of carbonyl (C=O) groups is 1. The zero-order valence-electron chi connectivity index (χ0n) is 11.8. The standard InChI is InChI=1S/C17H11BrFNOS2/c18-13-8-12(6-7-14(13)19)9-15-16(21)20(17(22)23-15)10-11-4-2-1-3-5-11/h1-9H,10H2/b15-9+. The van der Waals surface area contributed by atoms with Gasteiger partial charge in [0.05, 0.1) is 15.9 Å². The molecule has 3 rings (SSSR count). The third-order valence-electron chi connectivity index (χ3n) is 3.30. The minimum Gasteiger partial charge on any atom is -0.288 e. The van der Waals surface area contributed by atoms with Crippen LogP contribution in [0.5, 0.6) is 0 Å². The van der Waals surface area contributed by atoms with Crippen LogP contribution in [0.15, 0.2) is 57.9 Å². The van der Waals surface area contributed by atoms with Crippen LogP contribution >= 0.6 is 39.9 Å². The van der Waals surface area contributed by atoms with E-state index in [4.69, 9.17) is 12.2 Å². The van der Waals surface area contributed by atoms with Crippen LogP contribution in [0.4, 0.5) is 4.39 Å². The highest BCUT2D eigenvalue weighted by atomic mass is 79.9. The second kappa shape index (κ2) is 6.95. The number of thioether (sulfide) groups is 1. The molecular weight excluding hydrogens is 397 g/mol. The fourth-order valence-corrected chi connectivity index (χ4v) is 3.81. The summed E-state index contributed by atoms with van der Waals surface area (Å²) in [5, 5.41) is 0. The number of hydrogen-bond acceptors (Lipinski definition) is 3. The minimum atomic E-state index is -0.334. The Kier molecular flexibility index (Phi) is 4.94. The normalized spacial score (nSPS) is 16.4. The number of thiocarbonyl (C=S) groups is 1. The number of carbonyl (C=O) groups excluding carboxylic acids is 1. The van der Waals surface area contributed by atoms with E-state index >= 15 is 0 Å². The number of rotatable bonds is 3. The molecule has 1 heterocycles. The van der Waals surface area contributed by atoms with E-state index in [1.807, 2.05) is 30.3 Å². The SMILES string of the molecule is O=C1/C(=C\c2ccc(F)c(Br)c2)SC(=S)N1Cc1ccccc1. The Labute approximate surface area is 151 Å². The maximum Gasteiger partial charge on any atom is 0.266 e. The molecule has 0 unspecified atom stereocenters. The molecule has 1 aliphatic heterocycles. The Morgan fingerprint density at radius 2 is 1.96 bits per heavy atom. The number of nitrogens with zero attached hydrogens (tertiary/aromatic N) is 1. The van der Waals surface area contributed by atoms with Crippen LogP contribution in [0.2, 0.25) is 0 Å². The van der Waals surface area contributed by atoms with Gasteiger partial charge in [-0.15, -0.1) is 0 Å². The van der Waals surface area contributed by atoms with Gasteiger partial charge in [0.25, 0.3) is 5.91 Å². The first-order valence-corrected chi connectivity index (χ1v) is 8.81. The van der Waals surface area contributed by atoms with Gasteiger partial charge in [-0.3, -0.25) is 9.69 Å². The number of benzene rings is 2. The molecule has 2 aromatic carbocycles. The van der Waals surface area contributed by atoms with Crippen LogP contribution < -0.4 is 0 Å². The van der Waals surface area contributed by atoms with E-state index in [2.05, 4.69) is 15.9 Å². The number of halogens is 2. The second-order valence-electron chi connectivity index (χ2n) is 4.93. The molecule has 1 aliphatic rings. The van der Waals surface area contributed by atoms with Gasteiger partial charge in [0.2, 0.25) is 0 Å². The predicted octanol–water partition coefficient (Wildman–Crippen LogP) is 4.99. The molecule has 0 spiro atoms. The van der Waals surface area contributed by atoms with E-state index in [1.54, 1.807) is 23.1 Å². The summed E-state index contributed by atoms with van der Waals surface area (Å²) in [4.78, 5) is 14.7. The van der Waals surface area contributed by atoms with Crippen LogP contribution in [0.3, 0.4) is 0 Å². The van der Waals surface area contributed by atoms with E-state index in [0.717, 1.165) is 11.1 Å². The zero-order valence-corrected chi connectivity index (χ0v) is 15.1. The summed E-state index contributed by atoms with van der Waals surface area (Å²) in [7, 11) is 0. The Morgan fingerprint density at radius 1 is 1.22 bits per heavy atom. The number of amides is 1. The summed E-state index contributed by atoms with van der Waals surface area (Å²) in [6, 6.07) is 14.3. The van der Waals surface area contributed by atoms with Crippen molar-refractivity contribution in [2.75, 3.05) is 0 Å². The molecule has 0 radical (unpaired) electrons. The first-order chi connectivity index (χ1) is 11.0. The predicted molar refractivity (Wildman–Crippen MR) is 99.3 cm³/mol. The fraction of sp³-hybridized carbons (Fsp3) is 0.0588. The first kappa shape index (κ1) is 16.4. The van der Waals surface area contributed by atoms with Crippen LogP contribution in [0, 0.1) is 5.82 Å². The van der Waals surface area contributed by atoms with Crippen molar-refractivity contribution in [2.24, 2.45) is 0 Å². The number of hydrogen-bond donors (Lipinski definition) is 0. The molecule has 2 nitrogen and oxygen atoms in total. The summed E-state index contributed by atoms with van der Waals surface area (Å²) >= 11 is 9.73. The van der Waals surface area contributed by atoms with Crippen LogP contribution in [-0.4, -0.2) is 15.1 Å². The largest absolute Gasteiger partial charge is 0.288 e. The molecule has 2 aromatic rings. The van der Waals surface area contributed by atoms with Gasteiger partial charge in [-0.05, 0) is 45.3 Å². The Balaban J connectivity index is 1.83. The smallest absolute Gasteiger partial charge is 0.266 e. The lowest BCUT2D eigenvalue weighted by atomic mass is 10.2. The summed E-state index contributed by atoms with van der Waals surface area (Å²) in [6.07, 6.45) is 1.73. The quantitative estimate of drug-likeness (QED) is 0.527. The van der Waals surface area contributed by atoms with Gasteiger partial charge in [0, 0.05) is 0 Å². The molecule has 116 valence electrons. The van der Waals surface area contributed by atoms with Crippen molar-refractivity contribution < 1.29 is 9.18 Å². The van der Waals surface area contributed by atoms with Crippen molar-refractivity contribution >= 4 is 56.2 Å². The summed E-state index contributed by atoms with van der Waals surface area (Å²) < 4.78 is 14.2. The van der Waals surface area contributed by atoms with E-state index in [0.29, 0.717) is 20.2 Å². The molecule has 0 bridgehead atoms. The lowest BCUT2D eigenvalue weighted by Gasteiger charge is -2.14. The van der Waals surface area contributed by atoms with E-state index < -0.39 is 0 Å². The van der Waals surface area contributed by atoms with Gasteiger partial charge in [0.15, 0.2) is 0 Å². The van der Waals surface area contributed by atoms with Crippen molar-refractivity contribution in [3.05, 3.63) is 74.9 Å². The van der Waals surface area contributed by atoms with Crippen molar-refractivity contribution in [3.63, 3.8) is 0 Å². The third kappa shape index (κ3) is 3.71. The van der Waals surface area contributed by atoms with Gasteiger partial charge >= 0.3 is 0 Å². The Bertz CT molecular complexity index is 807. The van der Waals surface area contributed by atoms with Crippen molar-refractivity contribution in [1.82, 2.24) is 4.90 Å². The van der Waals surface area contributed by atoms with Gasteiger partial charge < -0.3 is 0 Å². The molecule has 0 aliphatic carbocycles. The van der Waals surface area contributed by atoms with Crippen LogP contribution in [-0.2, 0) is 11.3 Å². The third-order valence-corrected chi connectivity index (χ3v) is 5.28. The molecule has 23 heavy (non-hydrogen) atoms. The highest BCUT2D eigenvalue weighted by Gasteiger charge is 2.31. The van der Waals surface area contributed by atoms with Gasteiger partial charge in [0.1, 0.15) is 10.1 Å². The van der Waals surface area contributed by atoms with E-state index in [-0.39, 0.29) is 11.7 Å². The molecule has 0 saturated carbocycles. The van der Waals surface area contributed by atoms with Crippen molar-refractivity contribution in [1.29, 1.82) is 0 Å². The molecule has 1 saturated heterocycles. The average molecular weight is 408 g/mol. The fourth-order valence-electron chi connectivity index (χ4n) is 2.16. The summed E-state index contributed by atoms with van der Waals surface area (Å²) in [5.41, 5.74) is 1.77. The molecule has 0 N–H and O–H groups in total. The summed E-state index contributed by atoms with van der Waals surface area (Å²) in [5.74, 6) is -0.455. The molecule has 0 atom stereocenters. The Morgan fingerprint density at radius 3 is 2.65 bits per heavy atom. The first-order valence-electron chi connectivity index (χ1n) is 6.79. The Hall–Kier alpha value is -1.50. The molecule has 1 amide bonds. The van der Waals surface area contributed by atoms with Gasteiger partial charge in [-0.25, -0.2) is 4.39 Å². The molecular formula is C17H11BrFNOS2. The van der Waals surface area contributed by atoms with Gasteiger partial charge in [-0.2, -0.15) is 0 Å². The van der Waals surface area contributed by atoms with Crippen molar-refractivity contribution in [2.45, 2.75) is 6.54 Å². The summed E-state index contributed by atoms with van der Waals surface area (Å²) in [6.45, 7) is 0.454. The lowest BCUT2D eigenvalue weighted by Crippen LogP contribution is -2.27. The van der Waals surface area contributed by atoms with E-state index in [9.17, 15) is 9.18 Å². The van der Waals surface area contributed by atoms with Crippen molar-refractivity contribution in [3.8, 4) is 0 Å². The molecule has 6 heteroatoms. The monoisotopic (exact) mass is 407 g/mol. The maximum absolute atomic E-state index is 13.3.